The fourth-order valence-electron chi connectivity index (χ4n) is 7.57. The average molecular weight is 375 g/mol. The Bertz CT molecular complexity index is 958. The molecule has 2 aromatic carbocycles. The van der Waals surface area contributed by atoms with E-state index in [-0.39, 0.29) is 0 Å². The number of nitrogens with zero attached hydrogens (tertiary/aromatic N) is 2. The van der Waals surface area contributed by atoms with Gasteiger partial charge in [0.05, 0.1) is 11.7 Å². The zero-order chi connectivity index (χ0) is 19.3. The quantitative estimate of drug-likeness (QED) is 0.703. The zero-order valence-electron chi connectivity index (χ0n) is 17.2. The van der Waals surface area contributed by atoms with Crippen LogP contribution in [-0.4, -0.2) is 22.5 Å². The van der Waals surface area contributed by atoms with Crippen LogP contribution in [0.4, 0.5) is 5.69 Å². The summed E-state index contributed by atoms with van der Waals surface area (Å²) in [6, 6.07) is 15.4. The van der Waals surface area contributed by atoms with Gasteiger partial charge in [-0.25, -0.2) is 5.01 Å². The molecular formula is C25H30N2O. The van der Waals surface area contributed by atoms with Crippen LogP contribution in [0.3, 0.4) is 0 Å². The molecule has 0 N–H and O–H groups in total. The normalized spacial score (nSPS) is 38.2. The first kappa shape index (κ1) is 16.9. The minimum Gasteiger partial charge on any atom is -0.270 e. The van der Waals surface area contributed by atoms with Crippen LogP contribution in [0.25, 0.3) is 10.8 Å². The molecule has 146 valence electrons. The van der Waals surface area contributed by atoms with E-state index in [9.17, 15) is 4.79 Å². The van der Waals surface area contributed by atoms with Gasteiger partial charge in [-0.2, -0.15) is 0 Å². The Hall–Kier alpha value is -2.03. The molecule has 3 heteroatoms. The van der Waals surface area contributed by atoms with Crippen LogP contribution in [0.2, 0.25) is 0 Å². The summed E-state index contributed by atoms with van der Waals surface area (Å²) in [4.78, 5) is 13.4. The molecule has 5 fully saturated rings. The topological polar surface area (TPSA) is 23.6 Å². The molecule has 2 aromatic rings. The van der Waals surface area contributed by atoms with Gasteiger partial charge in [0.25, 0.3) is 5.91 Å². The Morgan fingerprint density at radius 2 is 1.57 bits per heavy atom. The summed E-state index contributed by atoms with van der Waals surface area (Å²) < 4.78 is 0. The molecule has 28 heavy (non-hydrogen) atoms. The number of carbonyl (C=O) groups is 1. The van der Waals surface area contributed by atoms with E-state index in [4.69, 9.17) is 0 Å². The Morgan fingerprint density at radius 1 is 0.893 bits per heavy atom. The van der Waals surface area contributed by atoms with Crippen LogP contribution >= 0.6 is 0 Å². The van der Waals surface area contributed by atoms with Gasteiger partial charge < -0.3 is 0 Å². The molecule has 1 heterocycles. The number of rotatable bonds is 2. The Morgan fingerprint density at radius 3 is 2.29 bits per heavy atom. The summed E-state index contributed by atoms with van der Waals surface area (Å²) in [6.45, 7) is 6.68. The number of carbonyl (C=O) groups excluding carboxylic acids is 1. The van der Waals surface area contributed by atoms with Crippen molar-refractivity contribution in [2.45, 2.75) is 64.5 Å². The standard InChI is InChI=1S/C25H30N2O/c1-24(2)23(28)26(22-18-11-16-12-19(22)15-25(3,13-16)14-18)27(24)21-10-6-8-17-7-4-5-9-20(17)21/h4-10,16,18-19,22H,11-15H2,1-3H3. The number of anilines is 1. The van der Waals surface area contributed by atoms with E-state index in [1.807, 2.05) is 0 Å². The predicted molar refractivity (Wildman–Crippen MR) is 113 cm³/mol. The maximum Gasteiger partial charge on any atom is 0.268 e. The number of hydrogen-bond acceptors (Lipinski definition) is 2. The van der Waals surface area contributed by atoms with Crippen molar-refractivity contribution < 1.29 is 4.79 Å². The second-order valence-corrected chi connectivity index (χ2v) is 10.8. The van der Waals surface area contributed by atoms with Gasteiger partial charge >= 0.3 is 0 Å². The van der Waals surface area contributed by atoms with Gasteiger partial charge in [0.15, 0.2) is 0 Å². The SMILES string of the molecule is CC12CC3CC(C1)C(N1C(=O)C(C)(C)N1c1cccc4ccccc14)C(C3)C2. The smallest absolute Gasteiger partial charge is 0.268 e. The highest BCUT2D eigenvalue weighted by atomic mass is 16.2. The van der Waals surface area contributed by atoms with Gasteiger partial charge in [0.1, 0.15) is 5.54 Å². The largest absolute Gasteiger partial charge is 0.270 e. The van der Waals surface area contributed by atoms with Crippen molar-refractivity contribution in [1.82, 2.24) is 5.01 Å². The number of benzene rings is 2. The Balaban J connectivity index is 1.44. The minimum atomic E-state index is -0.470. The summed E-state index contributed by atoms with van der Waals surface area (Å²) >= 11 is 0. The molecule has 3 nitrogen and oxygen atoms in total. The fourth-order valence-corrected chi connectivity index (χ4v) is 7.57. The molecule has 1 saturated heterocycles. The lowest BCUT2D eigenvalue weighted by molar-refractivity contribution is -0.176. The molecule has 7 rings (SSSR count). The maximum atomic E-state index is 13.4. The van der Waals surface area contributed by atoms with Crippen LogP contribution < -0.4 is 5.01 Å². The highest BCUT2D eigenvalue weighted by molar-refractivity contribution is 6.03. The fraction of sp³-hybridized carbons (Fsp3) is 0.560. The van der Waals surface area contributed by atoms with Crippen LogP contribution in [0.1, 0.15) is 52.9 Å². The van der Waals surface area contributed by atoms with Crippen molar-refractivity contribution in [2.75, 3.05) is 5.01 Å². The third-order valence-electron chi connectivity index (χ3n) is 8.28. The molecule has 0 radical (unpaired) electrons. The van der Waals surface area contributed by atoms with E-state index in [2.05, 4.69) is 73.3 Å². The van der Waals surface area contributed by atoms with Crippen LogP contribution in [0, 0.1) is 23.2 Å². The number of hydrazine groups is 1. The van der Waals surface area contributed by atoms with E-state index < -0.39 is 5.54 Å². The highest BCUT2D eigenvalue weighted by Gasteiger charge is 2.63. The lowest BCUT2D eigenvalue weighted by Gasteiger charge is -2.67. The van der Waals surface area contributed by atoms with E-state index >= 15 is 0 Å². The van der Waals surface area contributed by atoms with Crippen molar-refractivity contribution in [3.05, 3.63) is 42.5 Å². The van der Waals surface area contributed by atoms with Crippen LogP contribution in [0.15, 0.2) is 42.5 Å². The second-order valence-electron chi connectivity index (χ2n) is 10.8. The minimum absolute atomic E-state index is 0.308. The lowest BCUT2D eigenvalue weighted by Crippen LogP contribution is -2.80. The van der Waals surface area contributed by atoms with Crippen molar-refractivity contribution >= 4 is 22.4 Å². The number of amides is 1. The summed E-state index contributed by atoms with van der Waals surface area (Å²) in [5, 5.41) is 7.02. The highest BCUT2D eigenvalue weighted by Crippen LogP contribution is 2.62. The van der Waals surface area contributed by atoms with Gasteiger partial charge in [-0.3, -0.25) is 9.80 Å². The zero-order valence-corrected chi connectivity index (χ0v) is 17.2. The Kier molecular flexibility index (Phi) is 3.20. The molecule has 1 amide bonds. The molecule has 0 spiro atoms. The third kappa shape index (κ3) is 2.08. The molecule has 4 aliphatic carbocycles. The van der Waals surface area contributed by atoms with Gasteiger partial charge in [0, 0.05) is 5.39 Å². The van der Waals surface area contributed by atoms with Gasteiger partial charge in [0.2, 0.25) is 0 Å². The Labute approximate surface area is 167 Å². The van der Waals surface area contributed by atoms with Crippen LogP contribution in [0.5, 0.6) is 0 Å². The molecule has 5 aliphatic rings. The van der Waals surface area contributed by atoms with Gasteiger partial charge in [-0.1, -0.05) is 43.3 Å². The first-order valence-corrected chi connectivity index (χ1v) is 11.0. The number of hydrogen-bond donors (Lipinski definition) is 0. The van der Waals surface area contributed by atoms with Gasteiger partial charge in [-0.05, 0) is 80.6 Å². The lowest BCUT2D eigenvalue weighted by atomic mass is 9.48. The van der Waals surface area contributed by atoms with E-state index in [0.29, 0.717) is 29.2 Å². The molecule has 4 bridgehead atoms. The monoisotopic (exact) mass is 374 g/mol. The van der Waals surface area contributed by atoms with E-state index in [1.54, 1.807) is 0 Å². The third-order valence-corrected chi connectivity index (χ3v) is 8.28. The van der Waals surface area contributed by atoms with Crippen molar-refractivity contribution in [3.8, 4) is 0 Å². The van der Waals surface area contributed by atoms with Crippen molar-refractivity contribution in [1.29, 1.82) is 0 Å². The van der Waals surface area contributed by atoms with Crippen LogP contribution in [-0.2, 0) is 4.79 Å². The van der Waals surface area contributed by atoms with Crippen molar-refractivity contribution in [2.24, 2.45) is 23.2 Å². The van der Waals surface area contributed by atoms with E-state index in [0.717, 1.165) is 5.92 Å². The molecule has 2 unspecified atom stereocenters. The van der Waals surface area contributed by atoms with Gasteiger partial charge in [-0.15, -0.1) is 0 Å². The predicted octanol–water partition coefficient (Wildman–Crippen LogP) is 5.40. The average Bonchev–Trinajstić information content (AvgIpc) is 2.65. The summed E-state index contributed by atoms with van der Waals surface area (Å²) in [7, 11) is 0. The number of fused-ring (bicyclic) bond motifs is 1. The molecule has 0 aromatic heterocycles. The molecular weight excluding hydrogens is 344 g/mol. The molecule has 2 atom stereocenters. The van der Waals surface area contributed by atoms with Crippen molar-refractivity contribution in [3.63, 3.8) is 0 Å². The second kappa shape index (κ2) is 5.31. The van der Waals surface area contributed by atoms with E-state index in [1.165, 1.54) is 48.6 Å². The summed E-state index contributed by atoms with van der Waals surface area (Å²) in [6.07, 6.45) is 6.67. The molecule has 1 aliphatic heterocycles. The summed E-state index contributed by atoms with van der Waals surface area (Å²) in [5.74, 6) is 2.56. The summed E-state index contributed by atoms with van der Waals surface area (Å²) in [5.41, 5.74) is 1.24. The first-order valence-electron chi connectivity index (χ1n) is 11.0. The first-order chi connectivity index (χ1) is 13.4. The molecule has 4 saturated carbocycles. The maximum absolute atomic E-state index is 13.4.